The van der Waals surface area contributed by atoms with Gasteiger partial charge in [0.2, 0.25) is 5.43 Å². The number of amides is 1. The van der Waals surface area contributed by atoms with Crippen molar-refractivity contribution in [2.75, 3.05) is 0 Å². The van der Waals surface area contributed by atoms with E-state index in [9.17, 15) is 14.7 Å². The van der Waals surface area contributed by atoms with Crippen LogP contribution in [-0.2, 0) is 6.54 Å². The van der Waals surface area contributed by atoms with Crippen LogP contribution in [0.4, 0.5) is 0 Å². The number of hydrogen-bond donors (Lipinski definition) is 2. The average Bonchev–Trinajstić information content (AvgIpc) is 3.38. The molecular formula is C26H25ClN4O3. The van der Waals surface area contributed by atoms with Crippen LogP contribution in [0.2, 0.25) is 5.02 Å². The second-order valence-corrected chi connectivity index (χ2v) is 9.09. The predicted molar refractivity (Wildman–Crippen MR) is 132 cm³/mol. The zero-order valence-electron chi connectivity index (χ0n) is 18.5. The lowest BCUT2D eigenvalue weighted by Crippen LogP contribution is -2.46. The standard InChI is InChI=1S/C26H25ClN4O3/c27-21-6-3-5-19-24(21)30(15-17-9-11-18(12-10-17)31-14-4-13-28-31)16-20(25(19)33)26(34)29-22-7-1-2-8-23(22)32/h3-6,9-14,16,22-23,32H,1-2,7-8,15H2,(H,29,34). The van der Waals surface area contributed by atoms with Gasteiger partial charge in [0.25, 0.3) is 5.91 Å². The smallest absolute Gasteiger partial charge is 0.257 e. The molecule has 7 nitrogen and oxygen atoms in total. The number of para-hydroxylation sites is 1. The first-order chi connectivity index (χ1) is 16.5. The first kappa shape index (κ1) is 22.4. The van der Waals surface area contributed by atoms with E-state index in [1.54, 1.807) is 35.3 Å². The fraction of sp³-hybridized carbons (Fsp3) is 0.269. The Bertz CT molecular complexity index is 1380. The summed E-state index contributed by atoms with van der Waals surface area (Å²) in [6, 6.07) is 14.5. The summed E-state index contributed by atoms with van der Waals surface area (Å²) in [6.07, 6.45) is 7.80. The summed E-state index contributed by atoms with van der Waals surface area (Å²) >= 11 is 6.49. The lowest BCUT2D eigenvalue weighted by atomic mass is 9.92. The SMILES string of the molecule is O=C(NC1CCCCC1O)c1cn(Cc2ccc(-n3cccn3)cc2)c2c(Cl)cccc2c1=O. The number of carbonyl (C=O) groups excluding carboxylic acids is 1. The fourth-order valence-corrected chi connectivity index (χ4v) is 4.88. The quantitative estimate of drug-likeness (QED) is 0.457. The van der Waals surface area contributed by atoms with Crippen molar-refractivity contribution >= 4 is 28.4 Å². The van der Waals surface area contributed by atoms with Gasteiger partial charge in [-0.25, -0.2) is 4.68 Å². The summed E-state index contributed by atoms with van der Waals surface area (Å²) in [6.45, 7) is 0.423. The van der Waals surface area contributed by atoms with Gasteiger partial charge in [0.05, 0.1) is 28.4 Å². The van der Waals surface area contributed by atoms with Crippen molar-refractivity contribution < 1.29 is 9.90 Å². The molecule has 174 valence electrons. The van der Waals surface area contributed by atoms with Gasteiger partial charge in [-0.2, -0.15) is 5.10 Å². The number of pyridine rings is 1. The third-order valence-electron chi connectivity index (χ3n) is 6.40. The first-order valence-corrected chi connectivity index (χ1v) is 11.8. The molecule has 2 heterocycles. The first-order valence-electron chi connectivity index (χ1n) is 11.4. The van der Waals surface area contributed by atoms with E-state index < -0.39 is 12.0 Å². The van der Waals surface area contributed by atoms with Gasteiger partial charge in [0, 0.05) is 30.5 Å². The minimum absolute atomic E-state index is 0.0423. The molecule has 1 aliphatic rings. The summed E-state index contributed by atoms with van der Waals surface area (Å²) in [5.74, 6) is -0.472. The minimum Gasteiger partial charge on any atom is -0.391 e. The van der Waals surface area contributed by atoms with Gasteiger partial charge in [-0.05, 0) is 48.7 Å². The van der Waals surface area contributed by atoms with Crippen LogP contribution in [0.1, 0.15) is 41.6 Å². The highest BCUT2D eigenvalue weighted by Crippen LogP contribution is 2.24. The van der Waals surface area contributed by atoms with Gasteiger partial charge >= 0.3 is 0 Å². The van der Waals surface area contributed by atoms with Gasteiger partial charge in [-0.3, -0.25) is 9.59 Å². The molecule has 2 atom stereocenters. The molecule has 8 heteroatoms. The third kappa shape index (κ3) is 4.36. The largest absolute Gasteiger partial charge is 0.391 e. The number of fused-ring (bicyclic) bond motifs is 1. The van der Waals surface area contributed by atoms with E-state index >= 15 is 0 Å². The van der Waals surface area contributed by atoms with Crippen molar-refractivity contribution in [1.82, 2.24) is 19.7 Å². The van der Waals surface area contributed by atoms with E-state index in [-0.39, 0.29) is 17.0 Å². The molecule has 34 heavy (non-hydrogen) atoms. The van der Waals surface area contributed by atoms with Gasteiger partial charge < -0.3 is 15.0 Å². The molecule has 1 fully saturated rings. The summed E-state index contributed by atoms with van der Waals surface area (Å²) in [4.78, 5) is 26.3. The van der Waals surface area contributed by atoms with Crippen LogP contribution >= 0.6 is 11.6 Å². The molecule has 4 aromatic rings. The Labute approximate surface area is 201 Å². The normalized spacial score (nSPS) is 18.2. The molecule has 2 aromatic heterocycles. The Morgan fingerprint density at radius 2 is 1.91 bits per heavy atom. The summed E-state index contributed by atoms with van der Waals surface area (Å²) in [7, 11) is 0. The number of aromatic nitrogens is 3. The van der Waals surface area contributed by atoms with Crippen molar-refractivity contribution in [3.63, 3.8) is 0 Å². The highest BCUT2D eigenvalue weighted by atomic mass is 35.5. The number of rotatable bonds is 5. The lowest BCUT2D eigenvalue weighted by molar-refractivity contribution is 0.0716. The predicted octanol–water partition coefficient (Wildman–Crippen LogP) is 3.92. The van der Waals surface area contributed by atoms with Crippen LogP contribution in [-0.4, -0.2) is 37.5 Å². The average molecular weight is 477 g/mol. The molecule has 2 aromatic carbocycles. The van der Waals surface area contributed by atoms with Crippen LogP contribution in [0.5, 0.6) is 0 Å². The van der Waals surface area contributed by atoms with Crippen LogP contribution < -0.4 is 10.7 Å². The highest BCUT2D eigenvalue weighted by molar-refractivity contribution is 6.35. The second-order valence-electron chi connectivity index (χ2n) is 8.68. The number of benzene rings is 2. The van der Waals surface area contributed by atoms with Crippen molar-refractivity contribution in [2.24, 2.45) is 0 Å². The second kappa shape index (κ2) is 9.44. The number of carbonyl (C=O) groups is 1. The monoisotopic (exact) mass is 476 g/mol. The molecular weight excluding hydrogens is 452 g/mol. The zero-order valence-corrected chi connectivity index (χ0v) is 19.3. The molecule has 1 saturated carbocycles. The van der Waals surface area contributed by atoms with Crippen LogP contribution in [0.25, 0.3) is 16.6 Å². The number of hydrogen-bond acceptors (Lipinski definition) is 4. The van der Waals surface area contributed by atoms with Crippen LogP contribution in [0, 0.1) is 0 Å². The molecule has 1 amide bonds. The van der Waals surface area contributed by atoms with E-state index in [0.29, 0.717) is 35.3 Å². The van der Waals surface area contributed by atoms with E-state index in [1.165, 1.54) is 0 Å². The van der Waals surface area contributed by atoms with Crippen molar-refractivity contribution in [3.8, 4) is 5.69 Å². The molecule has 0 radical (unpaired) electrons. The van der Waals surface area contributed by atoms with Gasteiger partial charge in [-0.15, -0.1) is 0 Å². The van der Waals surface area contributed by atoms with E-state index in [1.807, 2.05) is 41.1 Å². The summed E-state index contributed by atoms with van der Waals surface area (Å²) in [5, 5.41) is 18.2. The number of aliphatic hydroxyl groups is 1. The third-order valence-corrected chi connectivity index (χ3v) is 6.70. The van der Waals surface area contributed by atoms with E-state index in [2.05, 4.69) is 10.4 Å². The molecule has 0 bridgehead atoms. The molecule has 0 aliphatic heterocycles. The van der Waals surface area contributed by atoms with Crippen molar-refractivity contribution in [1.29, 1.82) is 0 Å². The molecule has 2 N–H and O–H groups in total. The van der Waals surface area contributed by atoms with E-state index in [4.69, 9.17) is 11.6 Å². The minimum atomic E-state index is -0.594. The maximum atomic E-state index is 13.2. The number of aliphatic hydroxyl groups excluding tert-OH is 1. The molecule has 2 unspecified atom stereocenters. The Hall–Kier alpha value is -3.42. The fourth-order valence-electron chi connectivity index (χ4n) is 4.60. The molecule has 0 saturated heterocycles. The number of nitrogens with zero attached hydrogens (tertiary/aromatic N) is 3. The zero-order chi connectivity index (χ0) is 23.7. The number of halogens is 1. The molecule has 1 aliphatic carbocycles. The van der Waals surface area contributed by atoms with Gasteiger partial charge in [0.1, 0.15) is 5.56 Å². The van der Waals surface area contributed by atoms with Crippen LogP contribution in [0.3, 0.4) is 0 Å². The Morgan fingerprint density at radius 1 is 1.12 bits per heavy atom. The maximum absolute atomic E-state index is 13.2. The Balaban J connectivity index is 1.51. The molecule has 0 spiro atoms. The Kier molecular flexibility index (Phi) is 6.22. The van der Waals surface area contributed by atoms with Gasteiger partial charge in [-0.1, -0.05) is 42.6 Å². The highest BCUT2D eigenvalue weighted by Gasteiger charge is 2.26. The molecule has 5 rings (SSSR count). The topological polar surface area (TPSA) is 89.2 Å². The lowest BCUT2D eigenvalue weighted by Gasteiger charge is -2.28. The maximum Gasteiger partial charge on any atom is 0.257 e. The van der Waals surface area contributed by atoms with Gasteiger partial charge in [0.15, 0.2) is 0 Å². The Morgan fingerprint density at radius 3 is 2.65 bits per heavy atom. The van der Waals surface area contributed by atoms with Crippen molar-refractivity contribution in [2.45, 2.75) is 44.4 Å². The number of nitrogens with one attached hydrogen (secondary N) is 1. The van der Waals surface area contributed by atoms with Crippen LogP contribution in [0.15, 0.2) is 71.9 Å². The van der Waals surface area contributed by atoms with Crippen molar-refractivity contribution in [3.05, 3.63) is 93.5 Å². The summed E-state index contributed by atoms with van der Waals surface area (Å²) < 4.78 is 3.62. The summed E-state index contributed by atoms with van der Waals surface area (Å²) in [5.41, 5.74) is 2.17. The van der Waals surface area contributed by atoms with E-state index in [0.717, 1.165) is 24.1 Å².